The SMILES string of the molecule is CC(C)C1CC1.Cc1cc(C(C)(C)C)ccc1F. The largest absolute Gasteiger partial charge is 0.207 e. The summed E-state index contributed by atoms with van der Waals surface area (Å²) in [7, 11) is 0. The van der Waals surface area contributed by atoms with Gasteiger partial charge in [-0.1, -0.05) is 46.8 Å². The van der Waals surface area contributed by atoms with Gasteiger partial charge >= 0.3 is 0 Å². The maximum absolute atomic E-state index is 12.9. The van der Waals surface area contributed by atoms with Crippen molar-refractivity contribution in [2.24, 2.45) is 11.8 Å². The van der Waals surface area contributed by atoms with Gasteiger partial charge in [0.1, 0.15) is 5.82 Å². The second-order valence-electron chi connectivity index (χ2n) is 6.80. The van der Waals surface area contributed by atoms with E-state index in [9.17, 15) is 4.39 Å². The Kier molecular flexibility index (Phi) is 4.95. The van der Waals surface area contributed by atoms with Crippen LogP contribution in [0.5, 0.6) is 0 Å². The molecule has 1 aliphatic rings. The van der Waals surface area contributed by atoms with E-state index in [-0.39, 0.29) is 11.2 Å². The van der Waals surface area contributed by atoms with E-state index in [0.29, 0.717) is 0 Å². The van der Waals surface area contributed by atoms with Crippen LogP contribution in [0.25, 0.3) is 0 Å². The van der Waals surface area contributed by atoms with Crippen LogP contribution in [0.3, 0.4) is 0 Å². The molecule has 18 heavy (non-hydrogen) atoms. The topological polar surface area (TPSA) is 0 Å². The van der Waals surface area contributed by atoms with Crippen molar-refractivity contribution in [1.82, 2.24) is 0 Å². The summed E-state index contributed by atoms with van der Waals surface area (Å²) >= 11 is 0. The first-order valence-corrected chi connectivity index (χ1v) is 6.98. The minimum absolute atomic E-state index is 0.110. The molecular formula is C17H27F. The molecular weight excluding hydrogens is 223 g/mol. The molecule has 1 heteroatoms. The van der Waals surface area contributed by atoms with E-state index in [1.165, 1.54) is 24.5 Å². The first-order chi connectivity index (χ1) is 8.21. The molecule has 1 fully saturated rings. The Labute approximate surface area is 112 Å². The van der Waals surface area contributed by atoms with Gasteiger partial charge in [-0.25, -0.2) is 4.39 Å². The Morgan fingerprint density at radius 2 is 1.72 bits per heavy atom. The van der Waals surface area contributed by atoms with E-state index in [1.54, 1.807) is 6.92 Å². The Morgan fingerprint density at radius 1 is 1.17 bits per heavy atom. The molecule has 1 aliphatic carbocycles. The zero-order valence-corrected chi connectivity index (χ0v) is 12.7. The molecule has 0 unspecified atom stereocenters. The molecule has 1 aromatic carbocycles. The predicted octanol–water partition coefficient (Wildman–Crippen LogP) is 5.48. The molecule has 1 saturated carbocycles. The zero-order valence-electron chi connectivity index (χ0n) is 12.7. The van der Waals surface area contributed by atoms with Crippen LogP contribution in [0.15, 0.2) is 18.2 Å². The molecule has 102 valence electrons. The van der Waals surface area contributed by atoms with Crippen molar-refractivity contribution < 1.29 is 4.39 Å². The van der Waals surface area contributed by atoms with Crippen LogP contribution in [-0.2, 0) is 5.41 Å². The summed E-state index contributed by atoms with van der Waals surface area (Å²) < 4.78 is 12.9. The normalized spacial score (nSPS) is 15.3. The molecule has 0 radical (unpaired) electrons. The highest BCUT2D eigenvalue weighted by Gasteiger charge is 2.23. The van der Waals surface area contributed by atoms with Crippen LogP contribution in [0, 0.1) is 24.6 Å². The standard InChI is InChI=1S/C11H15F.C6H12/c1-8-7-9(11(2,3)4)5-6-10(8)12;1-5(2)6-3-4-6/h5-7H,1-4H3;5-6H,3-4H2,1-2H3. The van der Waals surface area contributed by atoms with Gasteiger partial charge in [0.15, 0.2) is 0 Å². The van der Waals surface area contributed by atoms with Crippen molar-refractivity contribution in [2.75, 3.05) is 0 Å². The number of halogens is 1. The Bertz CT molecular complexity index is 381. The smallest absolute Gasteiger partial charge is 0.126 e. The van der Waals surface area contributed by atoms with Crippen molar-refractivity contribution in [1.29, 1.82) is 0 Å². The Hall–Kier alpha value is -0.850. The van der Waals surface area contributed by atoms with Gasteiger partial charge in [0, 0.05) is 0 Å². The van der Waals surface area contributed by atoms with Gasteiger partial charge in [0.25, 0.3) is 0 Å². The molecule has 0 saturated heterocycles. The Balaban J connectivity index is 0.000000225. The maximum Gasteiger partial charge on any atom is 0.126 e. The molecule has 0 heterocycles. The van der Waals surface area contributed by atoms with Gasteiger partial charge < -0.3 is 0 Å². The van der Waals surface area contributed by atoms with Crippen molar-refractivity contribution >= 4 is 0 Å². The van der Waals surface area contributed by atoms with E-state index < -0.39 is 0 Å². The van der Waals surface area contributed by atoms with Crippen molar-refractivity contribution in [3.8, 4) is 0 Å². The first-order valence-electron chi connectivity index (χ1n) is 6.98. The predicted molar refractivity (Wildman–Crippen MR) is 77.4 cm³/mol. The highest BCUT2D eigenvalue weighted by atomic mass is 19.1. The van der Waals surface area contributed by atoms with Gasteiger partial charge in [-0.05, 0) is 54.2 Å². The van der Waals surface area contributed by atoms with Crippen molar-refractivity contribution in [3.63, 3.8) is 0 Å². The van der Waals surface area contributed by atoms with Crippen LogP contribution in [0.2, 0.25) is 0 Å². The molecule has 0 amide bonds. The number of rotatable bonds is 1. The van der Waals surface area contributed by atoms with Gasteiger partial charge in [0.2, 0.25) is 0 Å². The summed E-state index contributed by atoms with van der Waals surface area (Å²) in [5.41, 5.74) is 2.02. The first kappa shape index (κ1) is 15.2. The molecule has 0 aromatic heterocycles. The average molecular weight is 250 g/mol. The molecule has 0 bridgehead atoms. The fourth-order valence-corrected chi connectivity index (χ4v) is 1.87. The van der Waals surface area contributed by atoms with E-state index in [2.05, 4.69) is 34.6 Å². The fourth-order valence-electron chi connectivity index (χ4n) is 1.87. The molecule has 0 atom stereocenters. The molecule has 0 N–H and O–H groups in total. The summed E-state index contributed by atoms with van der Waals surface area (Å²) in [6.07, 6.45) is 3.00. The van der Waals surface area contributed by atoms with E-state index >= 15 is 0 Å². The minimum atomic E-state index is -0.122. The van der Waals surface area contributed by atoms with Gasteiger partial charge in [0.05, 0.1) is 0 Å². The molecule has 0 nitrogen and oxygen atoms in total. The highest BCUT2D eigenvalue weighted by molar-refractivity contribution is 5.28. The van der Waals surface area contributed by atoms with E-state index in [4.69, 9.17) is 0 Å². The lowest BCUT2D eigenvalue weighted by atomic mass is 9.86. The summed E-state index contributed by atoms with van der Waals surface area (Å²) in [6.45, 7) is 12.8. The second-order valence-corrected chi connectivity index (χ2v) is 6.80. The number of benzene rings is 1. The lowest BCUT2D eigenvalue weighted by molar-refractivity contribution is 0.563. The van der Waals surface area contributed by atoms with Gasteiger partial charge in [-0.2, -0.15) is 0 Å². The lowest BCUT2D eigenvalue weighted by Crippen LogP contribution is -2.11. The summed E-state index contributed by atoms with van der Waals surface area (Å²) in [5.74, 6) is 1.94. The quantitative estimate of drug-likeness (QED) is 0.618. The lowest BCUT2D eigenvalue weighted by Gasteiger charge is -2.19. The zero-order chi connectivity index (χ0) is 13.9. The molecule has 0 spiro atoms. The van der Waals surface area contributed by atoms with Crippen LogP contribution >= 0.6 is 0 Å². The fraction of sp³-hybridized carbons (Fsp3) is 0.647. The number of aryl methyl sites for hydroxylation is 1. The monoisotopic (exact) mass is 250 g/mol. The third-order valence-electron chi connectivity index (χ3n) is 3.59. The second kappa shape index (κ2) is 5.86. The number of hydrogen-bond donors (Lipinski definition) is 0. The van der Waals surface area contributed by atoms with E-state index in [1.807, 2.05) is 12.1 Å². The molecule has 0 aliphatic heterocycles. The average Bonchev–Trinajstić information content (AvgIpc) is 3.04. The van der Waals surface area contributed by atoms with Gasteiger partial charge in [-0.3, -0.25) is 0 Å². The van der Waals surface area contributed by atoms with E-state index in [0.717, 1.165) is 17.4 Å². The Morgan fingerprint density at radius 3 is 2.00 bits per heavy atom. The number of hydrogen-bond acceptors (Lipinski definition) is 0. The third-order valence-corrected chi connectivity index (χ3v) is 3.59. The van der Waals surface area contributed by atoms with Crippen LogP contribution < -0.4 is 0 Å². The van der Waals surface area contributed by atoms with Gasteiger partial charge in [-0.15, -0.1) is 0 Å². The highest BCUT2D eigenvalue weighted by Crippen LogP contribution is 2.35. The summed E-state index contributed by atoms with van der Waals surface area (Å²) in [6, 6.07) is 5.30. The van der Waals surface area contributed by atoms with Crippen LogP contribution in [-0.4, -0.2) is 0 Å². The molecule has 2 rings (SSSR count). The summed E-state index contributed by atoms with van der Waals surface area (Å²) in [4.78, 5) is 0. The van der Waals surface area contributed by atoms with Crippen molar-refractivity contribution in [2.45, 2.75) is 59.8 Å². The van der Waals surface area contributed by atoms with Crippen molar-refractivity contribution in [3.05, 3.63) is 35.1 Å². The summed E-state index contributed by atoms with van der Waals surface area (Å²) in [5, 5.41) is 0. The molecule has 1 aromatic rings. The maximum atomic E-state index is 12.9. The third kappa shape index (κ3) is 4.80. The van der Waals surface area contributed by atoms with Crippen LogP contribution in [0.4, 0.5) is 4.39 Å². The van der Waals surface area contributed by atoms with Crippen LogP contribution in [0.1, 0.15) is 58.6 Å². The minimum Gasteiger partial charge on any atom is -0.207 e.